The van der Waals surface area contributed by atoms with Crippen molar-refractivity contribution < 1.29 is 5.11 Å². The van der Waals surface area contributed by atoms with Gasteiger partial charge in [0, 0.05) is 18.2 Å². The molecule has 1 atom stereocenters. The average Bonchev–Trinajstić information content (AvgIpc) is 2.99. The monoisotopic (exact) mass is 247 g/mol. The first kappa shape index (κ1) is 11.4. The second-order valence-corrected chi connectivity index (χ2v) is 4.63. The van der Waals surface area contributed by atoms with Gasteiger partial charge in [0.2, 0.25) is 0 Å². The second kappa shape index (κ2) is 4.55. The molecule has 6 nitrogen and oxygen atoms in total. The molecule has 6 heteroatoms. The number of nitrogens with zero attached hydrogens (tertiary/aromatic N) is 3. The average molecular weight is 247 g/mol. The van der Waals surface area contributed by atoms with E-state index in [0.717, 1.165) is 36.2 Å². The van der Waals surface area contributed by atoms with E-state index in [1.54, 1.807) is 4.68 Å². The largest absolute Gasteiger partial charge is 0.394 e. The molecule has 1 saturated heterocycles. The van der Waals surface area contributed by atoms with E-state index in [1.165, 1.54) is 0 Å². The molecular formula is C12H17N5O. The van der Waals surface area contributed by atoms with Crippen LogP contribution in [0.25, 0.3) is 11.0 Å². The van der Waals surface area contributed by atoms with E-state index in [-0.39, 0.29) is 6.61 Å². The van der Waals surface area contributed by atoms with Crippen LogP contribution in [0, 0.1) is 0 Å². The van der Waals surface area contributed by atoms with Gasteiger partial charge in [0.05, 0.1) is 18.5 Å². The third-order valence-electron chi connectivity index (χ3n) is 3.44. The molecule has 0 aromatic carbocycles. The molecule has 0 saturated carbocycles. The molecule has 0 amide bonds. The van der Waals surface area contributed by atoms with Gasteiger partial charge < -0.3 is 16.2 Å². The van der Waals surface area contributed by atoms with Gasteiger partial charge in [0.15, 0.2) is 11.5 Å². The Labute approximate surface area is 105 Å². The van der Waals surface area contributed by atoms with Gasteiger partial charge in [-0.05, 0) is 25.1 Å². The highest BCUT2D eigenvalue weighted by Crippen LogP contribution is 2.25. The number of rotatable bonds is 3. The Kier molecular flexibility index (Phi) is 2.89. The first-order valence-electron chi connectivity index (χ1n) is 6.24. The number of pyridine rings is 1. The van der Waals surface area contributed by atoms with Crippen molar-refractivity contribution >= 4 is 16.9 Å². The van der Waals surface area contributed by atoms with Crippen LogP contribution in [0.2, 0.25) is 0 Å². The SMILES string of the molecule is Nc1nn(CCO)c2nc([C@H]3CCNC3)ccc12. The molecule has 0 aliphatic carbocycles. The third kappa shape index (κ3) is 1.83. The number of anilines is 1. The first-order chi connectivity index (χ1) is 8.79. The maximum absolute atomic E-state index is 9.03. The molecule has 2 aromatic heterocycles. The topological polar surface area (TPSA) is 89.0 Å². The van der Waals surface area contributed by atoms with Gasteiger partial charge in [-0.2, -0.15) is 5.10 Å². The Bertz CT molecular complexity index is 559. The molecule has 0 unspecified atom stereocenters. The van der Waals surface area contributed by atoms with E-state index in [4.69, 9.17) is 10.8 Å². The summed E-state index contributed by atoms with van der Waals surface area (Å²) < 4.78 is 1.68. The quantitative estimate of drug-likeness (QED) is 0.715. The number of fused-ring (bicyclic) bond motifs is 1. The van der Waals surface area contributed by atoms with Gasteiger partial charge in [0.1, 0.15) is 0 Å². The van der Waals surface area contributed by atoms with E-state index in [9.17, 15) is 0 Å². The van der Waals surface area contributed by atoms with E-state index in [1.807, 2.05) is 12.1 Å². The molecule has 0 spiro atoms. The van der Waals surface area contributed by atoms with Crippen molar-refractivity contribution in [2.24, 2.45) is 0 Å². The van der Waals surface area contributed by atoms with Crippen molar-refractivity contribution in [2.45, 2.75) is 18.9 Å². The van der Waals surface area contributed by atoms with Crippen LogP contribution >= 0.6 is 0 Å². The summed E-state index contributed by atoms with van der Waals surface area (Å²) >= 11 is 0. The Morgan fingerprint density at radius 1 is 1.50 bits per heavy atom. The number of aliphatic hydroxyl groups excluding tert-OH is 1. The number of hydrogen-bond donors (Lipinski definition) is 3. The molecule has 3 rings (SSSR count). The van der Waals surface area contributed by atoms with Crippen LogP contribution in [0.4, 0.5) is 5.82 Å². The number of aromatic nitrogens is 3. The summed E-state index contributed by atoms with van der Waals surface area (Å²) in [4.78, 5) is 4.67. The van der Waals surface area contributed by atoms with Gasteiger partial charge >= 0.3 is 0 Å². The van der Waals surface area contributed by atoms with Crippen LogP contribution in [0.5, 0.6) is 0 Å². The van der Waals surface area contributed by atoms with Crippen LogP contribution in [-0.2, 0) is 6.54 Å². The predicted molar refractivity (Wildman–Crippen MR) is 69.3 cm³/mol. The lowest BCUT2D eigenvalue weighted by atomic mass is 10.0. The first-order valence-corrected chi connectivity index (χ1v) is 6.24. The highest BCUT2D eigenvalue weighted by Gasteiger charge is 2.19. The second-order valence-electron chi connectivity index (χ2n) is 4.63. The van der Waals surface area contributed by atoms with Gasteiger partial charge in [0.25, 0.3) is 0 Å². The molecular weight excluding hydrogens is 230 g/mol. The Hall–Kier alpha value is -1.66. The Morgan fingerprint density at radius 2 is 2.39 bits per heavy atom. The lowest BCUT2D eigenvalue weighted by Gasteiger charge is -2.08. The molecule has 1 aliphatic heterocycles. The zero-order valence-corrected chi connectivity index (χ0v) is 10.1. The summed E-state index contributed by atoms with van der Waals surface area (Å²) in [6.07, 6.45) is 1.11. The van der Waals surface area contributed by atoms with E-state index in [2.05, 4.69) is 15.4 Å². The number of nitrogens with one attached hydrogen (secondary N) is 1. The highest BCUT2D eigenvalue weighted by molar-refractivity contribution is 5.86. The molecule has 3 heterocycles. The van der Waals surface area contributed by atoms with Crippen molar-refractivity contribution in [3.63, 3.8) is 0 Å². The molecule has 4 N–H and O–H groups in total. The fraction of sp³-hybridized carbons (Fsp3) is 0.500. The summed E-state index contributed by atoms with van der Waals surface area (Å²) in [5, 5.41) is 17.4. The molecule has 0 radical (unpaired) electrons. The predicted octanol–water partition coefficient (Wildman–Crippen LogP) is 0.0827. The summed E-state index contributed by atoms with van der Waals surface area (Å²) in [7, 11) is 0. The fourth-order valence-electron chi connectivity index (χ4n) is 2.48. The summed E-state index contributed by atoms with van der Waals surface area (Å²) in [5.41, 5.74) is 7.69. The molecule has 0 bridgehead atoms. The Morgan fingerprint density at radius 3 is 3.11 bits per heavy atom. The van der Waals surface area contributed by atoms with Crippen molar-refractivity contribution in [2.75, 3.05) is 25.4 Å². The summed E-state index contributed by atoms with van der Waals surface area (Å²) in [6.45, 7) is 2.48. The van der Waals surface area contributed by atoms with Gasteiger partial charge in [-0.3, -0.25) is 0 Å². The van der Waals surface area contributed by atoms with Crippen LogP contribution in [-0.4, -0.2) is 39.6 Å². The molecule has 1 aliphatic rings. The smallest absolute Gasteiger partial charge is 0.160 e. The van der Waals surface area contributed by atoms with Crippen LogP contribution in [0.15, 0.2) is 12.1 Å². The van der Waals surface area contributed by atoms with E-state index >= 15 is 0 Å². The zero-order valence-electron chi connectivity index (χ0n) is 10.1. The van der Waals surface area contributed by atoms with Crippen molar-refractivity contribution in [1.29, 1.82) is 0 Å². The minimum atomic E-state index is 0.0348. The molecule has 1 fully saturated rings. The van der Waals surface area contributed by atoms with E-state index in [0.29, 0.717) is 18.3 Å². The summed E-state index contributed by atoms with van der Waals surface area (Å²) in [6, 6.07) is 4.01. The maximum atomic E-state index is 9.03. The highest BCUT2D eigenvalue weighted by atomic mass is 16.3. The lowest BCUT2D eigenvalue weighted by molar-refractivity contribution is 0.271. The van der Waals surface area contributed by atoms with Crippen LogP contribution in [0.1, 0.15) is 18.0 Å². The van der Waals surface area contributed by atoms with Crippen molar-refractivity contribution in [3.05, 3.63) is 17.8 Å². The third-order valence-corrected chi connectivity index (χ3v) is 3.44. The van der Waals surface area contributed by atoms with Gasteiger partial charge in [-0.15, -0.1) is 0 Å². The number of hydrogen-bond acceptors (Lipinski definition) is 5. The number of nitrogen functional groups attached to an aromatic ring is 1. The molecule has 96 valence electrons. The molecule has 18 heavy (non-hydrogen) atoms. The minimum Gasteiger partial charge on any atom is -0.394 e. The number of aliphatic hydroxyl groups is 1. The Balaban J connectivity index is 2.06. The van der Waals surface area contributed by atoms with Crippen molar-refractivity contribution in [3.8, 4) is 0 Å². The summed E-state index contributed by atoms with van der Waals surface area (Å²) in [5.74, 6) is 0.940. The van der Waals surface area contributed by atoms with Crippen molar-refractivity contribution in [1.82, 2.24) is 20.1 Å². The minimum absolute atomic E-state index is 0.0348. The van der Waals surface area contributed by atoms with E-state index < -0.39 is 0 Å². The standard InChI is InChI=1S/C12H17N5O/c13-11-9-1-2-10(8-3-4-14-7-8)15-12(9)17(16-11)5-6-18/h1-2,8,14,18H,3-7H2,(H2,13,16)/t8-/m0/s1. The van der Waals surface area contributed by atoms with Crippen LogP contribution < -0.4 is 11.1 Å². The maximum Gasteiger partial charge on any atom is 0.160 e. The van der Waals surface area contributed by atoms with Gasteiger partial charge in [-0.1, -0.05) is 0 Å². The van der Waals surface area contributed by atoms with Gasteiger partial charge in [-0.25, -0.2) is 9.67 Å². The fourth-order valence-corrected chi connectivity index (χ4v) is 2.48. The number of nitrogens with two attached hydrogens (primary N) is 1. The normalized spacial score (nSPS) is 19.7. The zero-order chi connectivity index (χ0) is 12.5. The molecule has 2 aromatic rings. The van der Waals surface area contributed by atoms with Crippen LogP contribution in [0.3, 0.4) is 0 Å². The lowest BCUT2D eigenvalue weighted by Crippen LogP contribution is -2.10.